The first-order chi connectivity index (χ1) is 9.28. The summed E-state index contributed by atoms with van der Waals surface area (Å²) in [4.78, 5) is 0. The smallest absolute Gasteiger partial charge is 0.276 e. The summed E-state index contributed by atoms with van der Waals surface area (Å²) in [6.07, 6.45) is 0. The molecule has 0 fully saturated rings. The van der Waals surface area contributed by atoms with E-state index in [9.17, 15) is 0 Å². The molecule has 1 heterocycles. The monoisotopic (exact) mass is 280 g/mol. The third kappa shape index (κ3) is 4.57. The van der Waals surface area contributed by atoms with Crippen LogP contribution in [0.4, 0.5) is 0 Å². The first kappa shape index (κ1) is 13.9. The Kier molecular flexibility index (Phi) is 5.23. The van der Waals surface area contributed by atoms with Crippen LogP contribution in [0.2, 0.25) is 0 Å². The van der Waals surface area contributed by atoms with Gasteiger partial charge >= 0.3 is 0 Å². The Bertz CT molecular complexity index is 516. The van der Waals surface area contributed by atoms with Gasteiger partial charge in [0.25, 0.3) is 11.1 Å². The molecular formula is C13H16N2O3S. The second-order valence-electron chi connectivity index (χ2n) is 3.91. The maximum atomic E-state index is 5.58. The van der Waals surface area contributed by atoms with Gasteiger partial charge in [-0.05, 0) is 24.6 Å². The molecule has 2 aromatic rings. The van der Waals surface area contributed by atoms with Crippen LogP contribution in [0, 0.1) is 6.92 Å². The molecule has 102 valence electrons. The molecule has 0 aliphatic rings. The molecule has 2 rings (SSSR count). The van der Waals surface area contributed by atoms with Gasteiger partial charge in [-0.15, -0.1) is 10.2 Å². The maximum absolute atomic E-state index is 5.58. The molecule has 0 aliphatic carbocycles. The van der Waals surface area contributed by atoms with Gasteiger partial charge in [-0.25, -0.2) is 0 Å². The van der Waals surface area contributed by atoms with Gasteiger partial charge in [-0.3, -0.25) is 0 Å². The van der Waals surface area contributed by atoms with Crippen LogP contribution >= 0.6 is 11.8 Å². The van der Waals surface area contributed by atoms with Gasteiger partial charge in [0.1, 0.15) is 5.75 Å². The molecule has 19 heavy (non-hydrogen) atoms. The Hall–Kier alpha value is -1.53. The highest BCUT2D eigenvalue weighted by Gasteiger charge is 2.07. The van der Waals surface area contributed by atoms with Crippen LogP contribution < -0.4 is 4.74 Å². The average Bonchev–Trinajstić information content (AvgIpc) is 2.85. The maximum Gasteiger partial charge on any atom is 0.276 e. The number of nitrogens with zero attached hydrogens (tertiary/aromatic N) is 2. The van der Waals surface area contributed by atoms with Gasteiger partial charge in [0.2, 0.25) is 0 Å². The lowest BCUT2D eigenvalue weighted by molar-refractivity contribution is 0.218. The van der Waals surface area contributed by atoms with Gasteiger partial charge in [0.15, 0.2) is 6.61 Å². The molecule has 0 saturated carbocycles. The fourth-order valence-electron chi connectivity index (χ4n) is 1.42. The number of methoxy groups -OCH3 is 1. The van der Waals surface area contributed by atoms with E-state index >= 15 is 0 Å². The van der Waals surface area contributed by atoms with Crippen LogP contribution in [0.1, 0.15) is 11.5 Å². The van der Waals surface area contributed by atoms with E-state index in [-0.39, 0.29) is 6.61 Å². The fraction of sp³-hybridized carbons (Fsp3) is 0.385. The second-order valence-corrected chi connectivity index (χ2v) is 4.95. The summed E-state index contributed by atoms with van der Waals surface area (Å²) >= 11 is 1.47. The average molecular weight is 280 g/mol. The van der Waals surface area contributed by atoms with E-state index in [0.29, 0.717) is 17.7 Å². The van der Waals surface area contributed by atoms with Crippen LogP contribution in [0.5, 0.6) is 5.75 Å². The molecule has 5 nitrogen and oxygen atoms in total. The minimum Gasteiger partial charge on any atom is -0.484 e. The predicted molar refractivity (Wildman–Crippen MR) is 72.4 cm³/mol. The van der Waals surface area contributed by atoms with Gasteiger partial charge in [0, 0.05) is 12.9 Å². The van der Waals surface area contributed by atoms with Crippen molar-refractivity contribution in [3.8, 4) is 5.75 Å². The Morgan fingerprint density at radius 2 is 2.21 bits per heavy atom. The molecule has 0 amide bonds. The first-order valence-corrected chi connectivity index (χ1v) is 6.90. The van der Waals surface area contributed by atoms with Crippen molar-refractivity contribution in [1.82, 2.24) is 10.2 Å². The largest absolute Gasteiger partial charge is 0.484 e. The first-order valence-electron chi connectivity index (χ1n) is 5.91. The second kappa shape index (κ2) is 7.16. The Labute approximate surface area is 116 Å². The molecule has 0 spiro atoms. The molecule has 0 bridgehead atoms. The van der Waals surface area contributed by atoms with Crippen LogP contribution in [-0.4, -0.2) is 29.7 Å². The third-order valence-corrected chi connectivity index (χ3v) is 3.10. The highest BCUT2D eigenvalue weighted by molar-refractivity contribution is 7.99. The summed E-state index contributed by atoms with van der Waals surface area (Å²) in [5.41, 5.74) is 1.15. The Balaban J connectivity index is 1.83. The van der Waals surface area contributed by atoms with Crippen molar-refractivity contribution in [2.75, 3.05) is 19.5 Å². The standard InChI is InChI=1S/C13H16N2O3S/c1-10-4-3-5-11(8-10)17-9-12-14-15-13(18-12)19-7-6-16-2/h3-5,8H,6-7,9H2,1-2H3. The highest BCUT2D eigenvalue weighted by atomic mass is 32.2. The van der Waals surface area contributed by atoms with Crippen molar-refractivity contribution < 1.29 is 13.9 Å². The summed E-state index contributed by atoms with van der Waals surface area (Å²) < 4.78 is 16.0. The quantitative estimate of drug-likeness (QED) is 0.574. The number of aromatic nitrogens is 2. The number of benzene rings is 1. The van der Waals surface area contributed by atoms with E-state index in [4.69, 9.17) is 13.9 Å². The number of rotatable bonds is 7. The van der Waals surface area contributed by atoms with E-state index in [2.05, 4.69) is 10.2 Å². The topological polar surface area (TPSA) is 57.4 Å². The zero-order chi connectivity index (χ0) is 13.5. The molecule has 6 heteroatoms. The molecule has 0 radical (unpaired) electrons. The molecule has 1 aromatic heterocycles. The molecule has 1 aromatic carbocycles. The normalized spacial score (nSPS) is 10.6. The number of ether oxygens (including phenoxy) is 2. The van der Waals surface area contributed by atoms with Crippen molar-refractivity contribution in [3.63, 3.8) is 0 Å². The van der Waals surface area contributed by atoms with Crippen LogP contribution in [-0.2, 0) is 11.3 Å². The van der Waals surface area contributed by atoms with E-state index in [1.165, 1.54) is 11.8 Å². The van der Waals surface area contributed by atoms with Crippen LogP contribution in [0.3, 0.4) is 0 Å². The van der Waals surface area contributed by atoms with Crippen molar-refractivity contribution in [2.45, 2.75) is 18.8 Å². The zero-order valence-electron chi connectivity index (χ0n) is 11.0. The number of thioether (sulfide) groups is 1. The van der Waals surface area contributed by atoms with Crippen molar-refractivity contribution in [1.29, 1.82) is 0 Å². The Morgan fingerprint density at radius 3 is 3.00 bits per heavy atom. The van der Waals surface area contributed by atoms with Gasteiger partial charge in [-0.2, -0.15) is 0 Å². The fourth-order valence-corrected chi connectivity index (χ4v) is 2.10. The van der Waals surface area contributed by atoms with Gasteiger partial charge in [-0.1, -0.05) is 23.9 Å². The molecule has 0 N–H and O–H groups in total. The van der Waals surface area contributed by atoms with E-state index in [1.54, 1.807) is 7.11 Å². The van der Waals surface area contributed by atoms with E-state index in [1.807, 2.05) is 31.2 Å². The van der Waals surface area contributed by atoms with E-state index < -0.39 is 0 Å². The molecule has 0 saturated heterocycles. The molecule has 0 aliphatic heterocycles. The van der Waals surface area contributed by atoms with Crippen molar-refractivity contribution in [2.24, 2.45) is 0 Å². The number of aryl methyl sites for hydroxylation is 1. The lowest BCUT2D eigenvalue weighted by atomic mass is 10.2. The van der Waals surface area contributed by atoms with Crippen molar-refractivity contribution in [3.05, 3.63) is 35.7 Å². The third-order valence-electron chi connectivity index (χ3n) is 2.31. The summed E-state index contributed by atoms with van der Waals surface area (Å²) in [6.45, 7) is 2.95. The van der Waals surface area contributed by atoms with E-state index in [0.717, 1.165) is 17.1 Å². The summed E-state index contributed by atoms with van der Waals surface area (Å²) in [6, 6.07) is 7.83. The number of hydrogen-bond acceptors (Lipinski definition) is 6. The lowest BCUT2D eigenvalue weighted by Gasteiger charge is -2.03. The SMILES string of the molecule is COCCSc1nnc(COc2cccc(C)c2)o1. The highest BCUT2D eigenvalue weighted by Crippen LogP contribution is 2.18. The molecule has 0 atom stereocenters. The van der Waals surface area contributed by atoms with Crippen molar-refractivity contribution >= 4 is 11.8 Å². The lowest BCUT2D eigenvalue weighted by Crippen LogP contribution is -1.95. The summed E-state index contributed by atoms with van der Waals surface area (Å²) in [5.74, 6) is 2.06. The minimum absolute atomic E-state index is 0.279. The Morgan fingerprint density at radius 1 is 1.32 bits per heavy atom. The molecular weight excluding hydrogens is 264 g/mol. The summed E-state index contributed by atoms with van der Waals surface area (Å²) in [5, 5.41) is 8.40. The van der Waals surface area contributed by atoms with Gasteiger partial charge < -0.3 is 13.9 Å². The molecule has 0 unspecified atom stereocenters. The number of hydrogen-bond donors (Lipinski definition) is 0. The minimum atomic E-state index is 0.279. The van der Waals surface area contributed by atoms with Crippen LogP contribution in [0.15, 0.2) is 33.9 Å². The van der Waals surface area contributed by atoms with Crippen LogP contribution in [0.25, 0.3) is 0 Å². The predicted octanol–water partition coefficient (Wildman–Crippen LogP) is 2.70. The summed E-state index contributed by atoms with van der Waals surface area (Å²) in [7, 11) is 1.66. The van der Waals surface area contributed by atoms with Gasteiger partial charge in [0.05, 0.1) is 6.61 Å². The zero-order valence-corrected chi connectivity index (χ0v) is 11.8.